The van der Waals surface area contributed by atoms with E-state index in [9.17, 15) is 0 Å². The van der Waals surface area contributed by atoms with Gasteiger partial charge in [0.2, 0.25) is 0 Å². The molecule has 0 amide bonds. The summed E-state index contributed by atoms with van der Waals surface area (Å²) >= 11 is 15.9. The highest BCUT2D eigenvalue weighted by atomic mass is 32.3. The third-order valence-corrected chi connectivity index (χ3v) is 21.5. The van der Waals surface area contributed by atoms with E-state index in [1.54, 1.807) is 5.56 Å². The van der Waals surface area contributed by atoms with Crippen molar-refractivity contribution in [2.45, 2.75) is 84.8 Å². The van der Waals surface area contributed by atoms with Gasteiger partial charge in [-0.2, -0.15) is 0 Å². The maximum absolute atomic E-state index is 4.25. The lowest BCUT2D eigenvalue weighted by atomic mass is 9.67. The van der Waals surface area contributed by atoms with E-state index in [1.165, 1.54) is 73.7 Å². The second kappa shape index (κ2) is 12.5. The monoisotopic (exact) mass is 736 g/mol. The van der Waals surface area contributed by atoms with E-state index in [4.69, 9.17) is 0 Å². The van der Waals surface area contributed by atoms with Crippen molar-refractivity contribution in [2.75, 3.05) is 0 Å². The van der Waals surface area contributed by atoms with Crippen molar-refractivity contribution >= 4 is 100 Å². The summed E-state index contributed by atoms with van der Waals surface area (Å²) in [7, 11) is 0. The van der Waals surface area contributed by atoms with E-state index >= 15 is 0 Å². The maximum Gasteiger partial charge on any atom is 0.0718 e. The van der Waals surface area contributed by atoms with Crippen LogP contribution in [0.25, 0.3) is 6.08 Å². The number of hydrogen-bond acceptors (Lipinski definition) is 8. The van der Waals surface area contributed by atoms with E-state index in [1.807, 2.05) is 94.1 Å². The first kappa shape index (κ1) is 31.9. The summed E-state index contributed by atoms with van der Waals surface area (Å²) in [6.45, 7) is 20.3. The molecule has 0 nitrogen and oxygen atoms in total. The Morgan fingerprint density at radius 3 is 1.58 bits per heavy atom. The van der Waals surface area contributed by atoms with Crippen LogP contribution in [0.1, 0.15) is 87.5 Å². The van der Waals surface area contributed by atoms with Gasteiger partial charge in [-0.1, -0.05) is 153 Å². The molecule has 4 unspecified atom stereocenters. The van der Waals surface area contributed by atoms with Gasteiger partial charge < -0.3 is 0 Å². The first-order valence-corrected chi connectivity index (χ1v) is 22.2. The van der Waals surface area contributed by atoms with Crippen LogP contribution in [0.15, 0.2) is 100 Å². The van der Waals surface area contributed by atoms with Crippen LogP contribution in [-0.2, 0) is 0 Å². The molecule has 4 aliphatic heterocycles. The molecule has 232 valence electrons. The second-order valence-electron chi connectivity index (χ2n) is 13.1. The van der Waals surface area contributed by atoms with Crippen molar-refractivity contribution in [1.29, 1.82) is 0 Å². The first-order valence-electron chi connectivity index (χ1n) is 15.7. The van der Waals surface area contributed by atoms with Crippen molar-refractivity contribution in [1.82, 2.24) is 0 Å². The molecule has 8 rings (SSSR count). The molecule has 2 aromatic rings. The zero-order valence-corrected chi connectivity index (χ0v) is 32.6. The highest BCUT2D eigenvalue weighted by Crippen LogP contribution is 2.71. The summed E-state index contributed by atoms with van der Waals surface area (Å²) in [5.41, 5.74) is 7.45. The second-order valence-corrected chi connectivity index (χ2v) is 22.9. The molecular weight excluding hydrogens is 701 g/mol. The Bertz CT molecular complexity index is 1790. The molecule has 45 heavy (non-hydrogen) atoms. The van der Waals surface area contributed by atoms with Crippen LogP contribution in [-0.4, -0.2) is 0 Å². The lowest BCUT2D eigenvalue weighted by molar-refractivity contribution is 0.282. The van der Waals surface area contributed by atoms with E-state index in [-0.39, 0.29) is 0 Å². The molecule has 0 fully saturated rings. The van der Waals surface area contributed by atoms with E-state index in [0.717, 1.165) is 6.42 Å². The topological polar surface area (TPSA) is 0 Å². The quantitative estimate of drug-likeness (QED) is 0.281. The molecule has 0 spiro atoms. The molecule has 0 radical (unpaired) electrons. The van der Waals surface area contributed by atoms with Crippen LogP contribution in [0.5, 0.6) is 0 Å². The van der Waals surface area contributed by atoms with Crippen molar-refractivity contribution < 1.29 is 0 Å². The lowest BCUT2D eigenvalue weighted by Gasteiger charge is -2.38. The number of benzene rings is 2. The highest BCUT2D eigenvalue weighted by molar-refractivity contribution is 8.45. The molecule has 8 heteroatoms. The van der Waals surface area contributed by atoms with E-state index in [2.05, 4.69) is 90.3 Å². The number of thioether (sulfide) groups is 8. The number of allylic oxidation sites excluding steroid dienone is 3. The Morgan fingerprint density at radius 2 is 1.09 bits per heavy atom. The van der Waals surface area contributed by atoms with Gasteiger partial charge in [-0.15, -0.1) is 13.2 Å². The largest absolute Gasteiger partial charge is 0.102 e. The SMILES string of the molecule is C=CC1CC(C(C)C)=Cc2cc3c(cc21)SC1=C(S/C(=C2\SC4=C(S2)Sc2cc5c(cc2S4)C(C=C)CC(C(C)C)C5C)S1)S3. The summed E-state index contributed by atoms with van der Waals surface area (Å²) in [4.78, 5) is 5.69. The van der Waals surface area contributed by atoms with Crippen LogP contribution in [0.2, 0.25) is 0 Å². The third kappa shape index (κ3) is 5.67. The minimum Gasteiger partial charge on any atom is -0.102 e. The van der Waals surface area contributed by atoms with Crippen LogP contribution >= 0.6 is 94.1 Å². The normalized spacial score (nSPS) is 28.4. The van der Waals surface area contributed by atoms with Crippen LogP contribution < -0.4 is 0 Å². The van der Waals surface area contributed by atoms with Gasteiger partial charge in [0.1, 0.15) is 0 Å². The molecule has 2 aliphatic carbocycles. The summed E-state index contributed by atoms with van der Waals surface area (Å²) in [5, 5.41) is 0. The van der Waals surface area contributed by atoms with Gasteiger partial charge in [0.25, 0.3) is 0 Å². The van der Waals surface area contributed by atoms with Crippen LogP contribution in [0, 0.1) is 17.8 Å². The number of fused-ring (bicyclic) bond motifs is 4. The predicted molar refractivity (Wildman–Crippen MR) is 212 cm³/mol. The van der Waals surface area contributed by atoms with Gasteiger partial charge in [-0.3, -0.25) is 0 Å². The molecule has 0 bridgehead atoms. The van der Waals surface area contributed by atoms with Gasteiger partial charge >= 0.3 is 0 Å². The molecule has 4 heterocycles. The smallest absolute Gasteiger partial charge is 0.0718 e. The Morgan fingerprint density at radius 1 is 0.622 bits per heavy atom. The molecule has 0 saturated carbocycles. The maximum atomic E-state index is 4.25. The Hall–Kier alpha value is -0.320. The average Bonchev–Trinajstić information content (AvgIpc) is 3.63. The minimum absolute atomic E-state index is 0.410. The number of rotatable bonds is 4. The molecule has 0 saturated heterocycles. The van der Waals surface area contributed by atoms with Crippen molar-refractivity contribution in [3.05, 3.63) is 103 Å². The molecular formula is C37H36S8. The van der Waals surface area contributed by atoms with Crippen molar-refractivity contribution in [2.24, 2.45) is 17.8 Å². The van der Waals surface area contributed by atoms with Crippen LogP contribution in [0.4, 0.5) is 0 Å². The summed E-state index contributed by atoms with van der Waals surface area (Å²) < 4.78 is 8.75. The Labute approximate surface area is 302 Å². The van der Waals surface area contributed by atoms with Gasteiger partial charge in [-0.25, -0.2) is 0 Å². The molecule has 0 aromatic heterocycles. The van der Waals surface area contributed by atoms with E-state index < -0.39 is 0 Å². The van der Waals surface area contributed by atoms with Crippen molar-refractivity contribution in [3.63, 3.8) is 0 Å². The van der Waals surface area contributed by atoms with Crippen molar-refractivity contribution in [3.8, 4) is 0 Å². The van der Waals surface area contributed by atoms with Crippen LogP contribution in [0.3, 0.4) is 0 Å². The zero-order chi connectivity index (χ0) is 31.1. The van der Waals surface area contributed by atoms with Gasteiger partial charge in [0.05, 0.1) is 25.4 Å². The number of hydrogen-bond donors (Lipinski definition) is 0. The average molecular weight is 737 g/mol. The molecule has 4 atom stereocenters. The fraction of sp³-hybridized carbons (Fsp3) is 0.351. The minimum atomic E-state index is 0.410. The Kier molecular flexibility index (Phi) is 8.89. The molecule has 6 aliphatic rings. The molecule has 2 aromatic carbocycles. The lowest BCUT2D eigenvalue weighted by Crippen LogP contribution is -2.25. The third-order valence-electron chi connectivity index (χ3n) is 9.77. The summed E-state index contributed by atoms with van der Waals surface area (Å²) in [6, 6.07) is 9.97. The molecule has 0 N–H and O–H groups in total. The first-order chi connectivity index (χ1) is 21.7. The van der Waals surface area contributed by atoms with Gasteiger partial charge in [-0.05, 0) is 83.0 Å². The summed E-state index contributed by atoms with van der Waals surface area (Å²) in [6.07, 6.45) is 9.12. The zero-order valence-electron chi connectivity index (χ0n) is 26.1. The summed E-state index contributed by atoms with van der Waals surface area (Å²) in [5.74, 6) is 3.43. The van der Waals surface area contributed by atoms with Gasteiger partial charge in [0.15, 0.2) is 0 Å². The Balaban J connectivity index is 1.02. The predicted octanol–water partition coefficient (Wildman–Crippen LogP) is 14.9. The van der Waals surface area contributed by atoms with E-state index in [0.29, 0.717) is 35.5 Å². The fourth-order valence-electron chi connectivity index (χ4n) is 7.19. The highest BCUT2D eigenvalue weighted by Gasteiger charge is 2.38. The fourth-order valence-corrected chi connectivity index (χ4v) is 19.3. The van der Waals surface area contributed by atoms with Gasteiger partial charge in [0, 0.05) is 31.4 Å². The standard InChI is InChI=1S/C37H36S8/c1-8-20-10-22(17(3)4)11-23-13-28-30(15-26(20)23)40-33-32(38-28)42-36(43-33)37-44-34-35(45-37)41-31-16-27-21(9-2)12-24(18(5)6)19(7)25(27)14-29(31)39-34/h8-9,11,13-21,24H,1-2,10,12H2,3-7H3/b37-36+.